The van der Waals surface area contributed by atoms with Crippen molar-refractivity contribution in [2.45, 2.75) is 6.92 Å². The van der Waals surface area contributed by atoms with Gasteiger partial charge in [0.2, 0.25) is 5.43 Å². The zero-order valence-corrected chi connectivity index (χ0v) is 9.14. The molecule has 0 unspecified atom stereocenters. The van der Waals surface area contributed by atoms with E-state index < -0.39 is 5.97 Å². The van der Waals surface area contributed by atoms with Gasteiger partial charge in [0.1, 0.15) is 11.1 Å². The Labute approximate surface area is 91.8 Å². The van der Waals surface area contributed by atoms with Gasteiger partial charge >= 0.3 is 5.97 Å². The number of fused-ring (bicyclic) bond motifs is 1. The van der Waals surface area contributed by atoms with Crippen LogP contribution in [0.2, 0.25) is 0 Å². The van der Waals surface area contributed by atoms with Crippen LogP contribution in [0.15, 0.2) is 29.3 Å². The van der Waals surface area contributed by atoms with Crippen LogP contribution < -0.4 is 5.43 Å². The lowest BCUT2D eigenvalue weighted by Crippen LogP contribution is -2.22. The van der Waals surface area contributed by atoms with E-state index >= 15 is 0 Å². The first-order valence-electron chi connectivity index (χ1n) is 4.99. The van der Waals surface area contributed by atoms with Crippen molar-refractivity contribution < 1.29 is 9.53 Å². The predicted octanol–water partition coefficient (Wildman–Crippen LogP) is 0.815. The van der Waals surface area contributed by atoms with E-state index in [0.29, 0.717) is 5.52 Å². The van der Waals surface area contributed by atoms with E-state index in [1.807, 2.05) is 0 Å². The van der Waals surface area contributed by atoms with Crippen LogP contribution in [-0.2, 0) is 11.8 Å². The molecule has 0 aromatic carbocycles. The van der Waals surface area contributed by atoms with Crippen molar-refractivity contribution >= 4 is 11.5 Å². The SMILES string of the molecule is CCOC(=O)c1cn(C)n2cccc2c1=O. The maximum Gasteiger partial charge on any atom is 0.343 e. The topological polar surface area (TPSA) is 52.7 Å². The molecule has 0 aliphatic rings. The molecule has 0 aliphatic heterocycles. The third-order valence-corrected chi connectivity index (χ3v) is 2.36. The van der Waals surface area contributed by atoms with Gasteiger partial charge in [-0.25, -0.2) is 4.79 Å². The van der Waals surface area contributed by atoms with Gasteiger partial charge < -0.3 is 4.74 Å². The van der Waals surface area contributed by atoms with Crippen LogP contribution in [-0.4, -0.2) is 21.8 Å². The van der Waals surface area contributed by atoms with Crippen molar-refractivity contribution in [3.63, 3.8) is 0 Å². The zero-order chi connectivity index (χ0) is 11.7. The van der Waals surface area contributed by atoms with Gasteiger partial charge in [0.05, 0.1) is 6.61 Å². The van der Waals surface area contributed by atoms with Crippen LogP contribution in [0, 0.1) is 0 Å². The molecule has 0 saturated carbocycles. The number of aromatic nitrogens is 2. The van der Waals surface area contributed by atoms with Crippen LogP contribution in [0.4, 0.5) is 0 Å². The smallest absolute Gasteiger partial charge is 0.343 e. The van der Waals surface area contributed by atoms with Crippen molar-refractivity contribution in [3.05, 3.63) is 40.3 Å². The standard InChI is InChI=1S/C11H12N2O3/c1-3-16-11(15)8-7-12(2)13-6-4-5-9(13)10(8)14/h4-7H,3H2,1-2H3. The number of esters is 1. The second kappa shape index (κ2) is 3.84. The third-order valence-electron chi connectivity index (χ3n) is 2.36. The predicted molar refractivity (Wildman–Crippen MR) is 58.6 cm³/mol. The molecule has 2 aromatic heterocycles. The van der Waals surface area contributed by atoms with E-state index in [0.717, 1.165) is 0 Å². The number of carbonyl (C=O) groups excluding carboxylic acids is 1. The first-order chi connectivity index (χ1) is 7.65. The number of nitrogens with zero attached hydrogens (tertiary/aromatic N) is 2. The van der Waals surface area contributed by atoms with Crippen LogP contribution >= 0.6 is 0 Å². The Morgan fingerprint density at radius 1 is 1.50 bits per heavy atom. The average molecular weight is 220 g/mol. The molecule has 0 spiro atoms. The van der Waals surface area contributed by atoms with Gasteiger partial charge in [-0.15, -0.1) is 0 Å². The fourth-order valence-corrected chi connectivity index (χ4v) is 1.63. The van der Waals surface area contributed by atoms with Crippen molar-refractivity contribution in [1.82, 2.24) is 9.20 Å². The second-order valence-corrected chi connectivity index (χ2v) is 3.40. The highest BCUT2D eigenvalue weighted by atomic mass is 16.5. The fraction of sp³-hybridized carbons (Fsp3) is 0.273. The summed E-state index contributed by atoms with van der Waals surface area (Å²) >= 11 is 0. The number of ether oxygens (including phenoxy) is 1. The molecular weight excluding hydrogens is 208 g/mol. The molecule has 0 amide bonds. The lowest BCUT2D eigenvalue weighted by Gasteiger charge is -2.07. The summed E-state index contributed by atoms with van der Waals surface area (Å²) in [6.07, 6.45) is 3.24. The Hall–Kier alpha value is -2.04. The minimum absolute atomic E-state index is 0.0653. The Kier molecular flexibility index (Phi) is 2.52. The Balaban J connectivity index is 2.67. The number of carbonyl (C=O) groups is 1. The maximum absolute atomic E-state index is 11.9. The molecule has 5 heteroatoms. The van der Waals surface area contributed by atoms with E-state index in [1.165, 1.54) is 6.20 Å². The average Bonchev–Trinajstić information content (AvgIpc) is 2.73. The summed E-state index contributed by atoms with van der Waals surface area (Å²) in [6.45, 7) is 1.96. The van der Waals surface area contributed by atoms with Crippen molar-refractivity contribution in [3.8, 4) is 0 Å². The molecule has 0 fully saturated rings. The summed E-state index contributed by atoms with van der Waals surface area (Å²) in [5.74, 6) is -0.577. The lowest BCUT2D eigenvalue weighted by atomic mass is 10.2. The minimum atomic E-state index is -0.577. The Bertz CT molecular complexity index is 595. The highest BCUT2D eigenvalue weighted by Crippen LogP contribution is 2.02. The fourth-order valence-electron chi connectivity index (χ4n) is 1.63. The Morgan fingerprint density at radius 3 is 2.94 bits per heavy atom. The number of aryl methyl sites for hydroxylation is 1. The van der Waals surface area contributed by atoms with E-state index in [4.69, 9.17) is 4.74 Å². The molecule has 2 aromatic rings. The maximum atomic E-state index is 11.9. The summed E-state index contributed by atoms with van der Waals surface area (Å²) in [6, 6.07) is 3.43. The number of rotatable bonds is 2. The van der Waals surface area contributed by atoms with Crippen LogP contribution in [0.25, 0.3) is 5.52 Å². The quantitative estimate of drug-likeness (QED) is 0.704. The second-order valence-electron chi connectivity index (χ2n) is 3.40. The van der Waals surface area contributed by atoms with Crippen molar-refractivity contribution in [2.75, 3.05) is 6.61 Å². The van der Waals surface area contributed by atoms with Gasteiger partial charge in [-0.3, -0.25) is 14.0 Å². The monoisotopic (exact) mass is 220 g/mol. The highest BCUT2D eigenvalue weighted by Gasteiger charge is 2.14. The molecule has 0 N–H and O–H groups in total. The Morgan fingerprint density at radius 2 is 2.25 bits per heavy atom. The van der Waals surface area contributed by atoms with Gasteiger partial charge in [-0.1, -0.05) is 0 Å². The van der Waals surface area contributed by atoms with Crippen LogP contribution in [0.5, 0.6) is 0 Å². The molecule has 5 nitrogen and oxygen atoms in total. The van der Waals surface area contributed by atoms with Gasteiger partial charge in [-0.2, -0.15) is 0 Å². The van der Waals surface area contributed by atoms with Gasteiger partial charge in [0, 0.05) is 19.4 Å². The molecule has 16 heavy (non-hydrogen) atoms. The molecule has 2 rings (SSSR count). The molecule has 0 aliphatic carbocycles. The molecule has 2 heterocycles. The van der Waals surface area contributed by atoms with Crippen molar-refractivity contribution in [2.24, 2.45) is 7.05 Å². The van der Waals surface area contributed by atoms with Crippen molar-refractivity contribution in [1.29, 1.82) is 0 Å². The number of hydrogen-bond donors (Lipinski definition) is 0. The van der Waals surface area contributed by atoms with E-state index in [2.05, 4.69) is 0 Å². The third kappa shape index (κ3) is 1.50. The molecule has 0 radical (unpaired) electrons. The summed E-state index contributed by atoms with van der Waals surface area (Å²) in [5.41, 5.74) is 0.227. The minimum Gasteiger partial charge on any atom is -0.462 e. The first kappa shape index (κ1) is 10.5. The van der Waals surface area contributed by atoms with Gasteiger partial charge in [0.15, 0.2) is 0 Å². The normalized spacial score (nSPS) is 10.6. The molecular formula is C11H12N2O3. The number of hydrogen-bond acceptors (Lipinski definition) is 3. The summed E-state index contributed by atoms with van der Waals surface area (Å²) in [5, 5.41) is 0. The van der Waals surface area contributed by atoms with Gasteiger partial charge in [0.25, 0.3) is 0 Å². The van der Waals surface area contributed by atoms with Crippen LogP contribution in [0.3, 0.4) is 0 Å². The first-order valence-corrected chi connectivity index (χ1v) is 4.99. The molecule has 84 valence electrons. The van der Waals surface area contributed by atoms with Crippen LogP contribution in [0.1, 0.15) is 17.3 Å². The molecule has 0 saturated heterocycles. The van der Waals surface area contributed by atoms with E-state index in [1.54, 1.807) is 41.5 Å². The van der Waals surface area contributed by atoms with E-state index in [9.17, 15) is 9.59 Å². The lowest BCUT2D eigenvalue weighted by molar-refractivity contribution is 0.0523. The van der Waals surface area contributed by atoms with Gasteiger partial charge in [-0.05, 0) is 19.1 Å². The largest absolute Gasteiger partial charge is 0.462 e. The summed E-state index contributed by atoms with van der Waals surface area (Å²) in [4.78, 5) is 23.5. The van der Waals surface area contributed by atoms with E-state index in [-0.39, 0.29) is 17.6 Å². The highest BCUT2D eigenvalue weighted by molar-refractivity contribution is 5.90. The molecule has 0 atom stereocenters. The summed E-state index contributed by atoms with van der Waals surface area (Å²) < 4.78 is 8.17. The zero-order valence-electron chi connectivity index (χ0n) is 9.14. The summed E-state index contributed by atoms with van der Waals surface area (Å²) in [7, 11) is 1.76. The molecule has 0 bridgehead atoms.